The molecular weight excluding hydrogens is 304 g/mol. The van der Waals surface area contributed by atoms with Gasteiger partial charge in [-0.2, -0.15) is 11.3 Å². The first-order valence-corrected chi connectivity index (χ1v) is 8.37. The number of rotatable bonds is 5. The molecule has 0 aromatic carbocycles. The molecule has 0 unspecified atom stereocenters. The lowest BCUT2D eigenvalue weighted by atomic mass is 10.2. The average Bonchev–Trinajstić information content (AvgIpc) is 3.13. The maximum absolute atomic E-state index is 12.2. The van der Waals surface area contributed by atoms with Crippen LogP contribution in [0.4, 0.5) is 0 Å². The molecule has 2 amide bonds. The molecule has 112 valence electrons. The van der Waals surface area contributed by atoms with Gasteiger partial charge in [0.2, 0.25) is 5.91 Å². The zero-order valence-corrected chi connectivity index (χ0v) is 13.9. The largest absolute Gasteiger partial charge is 0.343 e. The van der Waals surface area contributed by atoms with E-state index in [9.17, 15) is 9.59 Å². The smallest absolute Gasteiger partial charge is 0.252 e. The van der Waals surface area contributed by atoms with Crippen LogP contribution in [0.3, 0.4) is 0 Å². The molecule has 2 heterocycles. The van der Waals surface area contributed by atoms with Crippen molar-refractivity contribution in [2.45, 2.75) is 19.9 Å². The lowest BCUT2D eigenvalue weighted by molar-refractivity contribution is -0.130. The fourth-order valence-corrected chi connectivity index (χ4v) is 3.47. The van der Waals surface area contributed by atoms with E-state index in [4.69, 9.17) is 0 Å². The second kappa shape index (κ2) is 6.87. The van der Waals surface area contributed by atoms with Crippen LogP contribution in [0, 0.1) is 6.92 Å². The maximum atomic E-state index is 12.2. The number of hydrogen-bond acceptors (Lipinski definition) is 4. The Morgan fingerprint density at radius 2 is 2.10 bits per heavy atom. The molecule has 2 aromatic heterocycles. The minimum Gasteiger partial charge on any atom is -0.343 e. The highest BCUT2D eigenvalue weighted by Gasteiger charge is 2.19. The number of nitrogens with one attached hydrogen (secondary N) is 1. The Bertz CT molecular complexity index is 619. The van der Waals surface area contributed by atoms with Crippen molar-refractivity contribution in [3.8, 4) is 0 Å². The van der Waals surface area contributed by atoms with Gasteiger partial charge in [0, 0.05) is 27.7 Å². The van der Waals surface area contributed by atoms with E-state index in [1.165, 1.54) is 16.2 Å². The molecule has 6 heteroatoms. The minimum atomic E-state index is -0.211. The van der Waals surface area contributed by atoms with Crippen LogP contribution < -0.4 is 5.32 Å². The summed E-state index contributed by atoms with van der Waals surface area (Å²) in [6, 6.07) is 5.84. The number of aryl methyl sites for hydroxylation is 1. The highest BCUT2D eigenvalue weighted by molar-refractivity contribution is 7.12. The highest BCUT2D eigenvalue weighted by Crippen LogP contribution is 2.26. The van der Waals surface area contributed by atoms with Crippen LogP contribution >= 0.6 is 22.7 Å². The number of amides is 2. The molecule has 21 heavy (non-hydrogen) atoms. The molecule has 0 aliphatic heterocycles. The van der Waals surface area contributed by atoms with Crippen molar-refractivity contribution < 1.29 is 9.59 Å². The topological polar surface area (TPSA) is 49.4 Å². The molecule has 2 aromatic rings. The Morgan fingerprint density at radius 3 is 2.67 bits per heavy atom. The summed E-state index contributed by atoms with van der Waals surface area (Å²) in [5.41, 5.74) is 0.595. The monoisotopic (exact) mass is 322 g/mol. The van der Waals surface area contributed by atoms with E-state index >= 15 is 0 Å². The Kier molecular flexibility index (Phi) is 5.14. The Hall–Kier alpha value is -1.66. The summed E-state index contributed by atoms with van der Waals surface area (Å²) in [7, 11) is 1.76. The Balaban J connectivity index is 1.89. The zero-order chi connectivity index (χ0) is 15.4. The summed E-state index contributed by atoms with van der Waals surface area (Å²) >= 11 is 3.14. The summed E-state index contributed by atoms with van der Waals surface area (Å²) in [5, 5.41) is 6.26. The zero-order valence-electron chi connectivity index (χ0n) is 12.3. The van der Waals surface area contributed by atoms with Crippen molar-refractivity contribution in [1.82, 2.24) is 10.2 Å². The average molecular weight is 322 g/mol. The molecule has 0 spiro atoms. The Morgan fingerprint density at radius 1 is 1.33 bits per heavy atom. The molecule has 0 fully saturated rings. The van der Waals surface area contributed by atoms with Gasteiger partial charge in [-0.3, -0.25) is 9.59 Å². The van der Waals surface area contributed by atoms with Crippen molar-refractivity contribution in [3.05, 3.63) is 44.3 Å². The third-order valence-corrected chi connectivity index (χ3v) is 5.18. The summed E-state index contributed by atoms with van der Waals surface area (Å²) in [6.45, 7) is 4.05. The van der Waals surface area contributed by atoms with E-state index in [0.29, 0.717) is 5.56 Å². The van der Waals surface area contributed by atoms with Crippen LogP contribution in [0.1, 0.15) is 33.1 Å². The molecule has 1 N–H and O–H groups in total. The SMILES string of the molecule is Cc1ccc([C@@H](C)N(C)C(=O)CNC(=O)c2ccsc2)s1. The van der Waals surface area contributed by atoms with Gasteiger partial charge in [0.15, 0.2) is 0 Å². The van der Waals surface area contributed by atoms with Gasteiger partial charge in [-0.05, 0) is 37.4 Å². The fraction of sp³-hybridized carbons (Fsp3) is 0.333. The predicted molar refractivity (Wildman–Crippen MR) is 86.9 cm³/mol. The van der Waals surface area contributed by atoms with Gasteiger partial charge < -0.3 is 10.2 Å². The van der Waals surface area contributed by atoms with Gasteiger partial charge in [0.05, 0.1) is 12.6 Å². The van der Waals surface area contributed by atoms with E-state index in [0.717, 1.165) is 4.88 Å². The third-order valence-electron chi connectivity index (χ3n) is 3.33. The van der Waals surface area contributed by atoms with Gasteiger partial charge in [0.1, 0.15) is 0 Å². The molecule has 0 aliphatic carbocycles. The van der Waals surface area contributed by atoms with Crippen LogP contribution in [0.15, 0.2) is 29.0 Å². The van der Waals surface area contributed by atoms with Crippen LogP contribution in [0.5, 0.6) is 0 Å². The fourth-order valence-electron chi connectivity index (χ4n) is 1.86. The second-order valence-electron chi connectivity index (χ2n) is 4.82. The number of hydrogen-bond donors (Lipinski definition) is 1. The molecular formula is C15H18N2O2S2. The summed E-state index contributed by atoms with van der Waals surface area (Å²) in [4.78, 5) is 28.0. The molecule has 4 nitrogen and oxygen atoms in total. The molecule has 0 radical (unpaired) electrons. The Labute approximate surface area is 132 Å². The van der Waals surface area contributed by atoms with Crippen molar-refractivity contribution in [3.63, 3.8) is 0 Å². The predicted octanol–water partition coefficient (Wildman–Crippen LogP) is 3.07. The summed E-state index contributed by atoms with van der Waals surface area (Å²) < 4.78 is 0. The molecule has 0 saturated carbocycles. The van der Waals surface area contributed by atoms with Gasteiger partial charge in [-0.1, -0.05) is 0 Å². The van der Waals surface area contributed by atoms with E-state index in [1.54, 1.807) is 34.7 Å². The van der Waals surface area contributed by atoms with Crippen LogP contribution in [-0.2, 0) is 4.79 Å². The van der Waals surface area contributed by atoms with E-state index in [1.807, 2.05) is 31.4 Å². The lowest BCUT2D eigenvalue weighted by Crippen LogP contribution is -2.39. The van der Waals surface area contributed by atoms with Gasteiger partial charge in [-0.15, -0.1) is 11.3 Å². The first kappa shape index (κ1) is 15.7. The van der Waals surface area contributed by atoms with Crippen molar-refractivity contribution in [2.75, 3.05) is 13.6 Å². The summed E-state index contributed by atoms with van der Waals surface area (Å²) in [5.74, 6) is -0.310. The van der Waals surface area contributed by atoms with E-state index in [-0.39, 0.29) is 24.4 Å². The van der Waals surface area contributed by atoms with Gasteiger partial charge in [0.25, 0.3) is 5.91 Å². The maximum Gasteiger partial charge on any atom is 0.252 e. The van der Waals surface area contributed by atoms with Crippen molar-refractivity contribution >= 4 is 34.5 Å². The van der Waals surface area contributed by atoms with Gasteiger partial charge in [-0.25, -0.2) is 0 Å². The van der Waals surface area contributed by atoms with Crippen LogP contribution in [0.2, 0.25) is 0 Å². The quantitative estimate of drug-likeness (QED) is 0.920. The van der Waals surface area contributed by atoms with Gasteiger partial charge >= 0.3 is 0 Å². The second-order valence-corrected chi connectivity index (χ2v) is 6.92. The summed E-state index contributed by atoms with van der Waals surface area (Å²) in [6.07, 6.45) is 0. The van der Waals surface area contributed by atoms with E-state index < -0.39 is 0 Å². The standard InChI is InChI=1S/C15H18N2O2S2/c1-10-4-5-13(21-10)11(2)17(3)14(18)8-16-15(19)12-6-7-20-9-12/h4-7,9,11H,8H2,1-3H3,(H,16,19)/t11-/m1/s1. The number of nitrogens with zero attached hydrogens (tertiary/aromatic N) is 1. The molecule has 2 rings (SSSR count). The van der Waals surface area contributed by atoms with Crippen molar-refractivity contribution in [1.29, 1.82) is 0 Å². The number of likely N-dealkylation sites (N-methyl/N-ethyl adjacent to an activating group) is 1. The molecule has 1 atom stereocenters. The van der Waals surface area contributed by atoms with Crippen molar-refractivity contribution in [2.24, 2.45) is 0 Å². The molecule has 0 bridgehead atoms. The molecule has 0 aliphatic rings. The van der Waals surface area contributed by atoms with Crippen LogP contribution in [-0.4, -0.2) is 30.3 Å². The molecule has 0 saturated heterocycles. The normalized spacial score (nSPS) is 12.0. The minimum absolute atomic E-state index is 0.00856. The third kappa shape index (κ3) is 3.92. The number of carbonyl (C=O) groups excluding carboxylic acids is 2. The lowest BCUT2D eigenvalue weighted by Gasteiger charge is -2.24. The first-order chi connectivity index (χ1) is 9.99. The highest BCUT2D eigenvalue weighted by atomic mass is 32.1. The number of carbonyl (C=O) groups is 2. The first-order valence-electron chi connectivity index (χ1n) is 6.61. The van der Waals surface area contributed by atoms with E-state index in [2.05, 4.69) is 5.32 Å². The van der Waals surface area contributed by atoms with Crippen LogP contribution in [0.25, 0.3) is 0 Å². The number of thiophene rings is 2.